The lowest BCUT2D eigenvalue weighted by Gasteiger charge is -2.36. The highest BCUT2D eigenvalue weighted by Gasteiger charge is 2.41. The van der Waals surface area contributed by atoms with E-state index in [4.69, 9.17) is 14.6 Å². The number of carboxylic acids is 1. The zero-order chi connectivity index (χ0) is 19.8. The highest BCUT2D eigenvalue weighted by Crippen LogP contribution is 2.35. The lowest BCUT2D eigenvalue weighted by atomic mass is 9.73. The fourth-order valence-electron chi connectivity index (χ4n) is 3.51. The van der Waals surface area contributed by atoms with E-state index in [1.165, 1.54) is 0 Å². The van der Waals surface area contributed by atoms with E-state index < -0.39 is 11.4 Å². The lowest BCUT2D eigenvalue weighted by Crippen LogP contribution is -2.48. The number of carbonyl (C=O) groups excluding carboxylic acids is 1. The van der Waals surface area contributed by atoms with Crippen molar-refractivity contribution in [3.05, 3.63) is 65.7 Å². The molecule has 0 bridgehead atoms. The van der Waals surface area contributed by atoms with Gasteiger partial charge in [0.05, 0.1) is 5.41 Å². The summed E-state index contributed by atoms with van der Waals surface area (Å²) >= 11 is 0. The Bertz CT molecular complexity index is 782. The second-order valence-electron chi connectivity index (χ2n) is 6.89. The van der Waals surface area contributed by atoms with Crippen molar-refractivity contribution in [3.63, 3.8) is 0 Å². The number of carboxylic acid groups (broad SMARTS) is 1. The molecule has 3 rings (SSSR count). The number of hydrogen-bond acceptors (Lipinski definition) is 4. The maximum atomic E-state index is 13.1. The van der Waals surface area contributed by atoms with Crippen LogP contribution in [0, 0.1) is 0 Å². The summed E-state index contributed by atoms with van der Waals surface area (Å²) in [7, 11) is 0. The minimum Gasteiger partial charge on any atom is -0.482 e. The number of benzene rings is 2. The van der Waals surface area contributed by atoms with Crippen LogP contribution in [-0.4, -0.2) is 43.3 Å². The second-order valence-corrected chi connectivity index (χ2v) is 6.89. The Hall–Kier alpha value is -2.86. The Labute approximate surface area is 164 Å². The van der Waals surface area contributed by atoms with Crippen LogP contribution in [0.4, 0.5) is 0 Å². The van der Waals surface area contributed by atoms with Gasteiger partial charge in [-0.15, -0.1) is 0 Å². The van der Waals surface area contributed by atoms with Gasteiger partial charge in [0.15, 0.2) is 6.61 Å². The summed E-state index contributed by atoms with van der Waals surface area (Å²) in [6, 6.07) is 17.2. The van der Waals surface area contributed by atoms with Crippen molar-refractivity contribution in [2.24, 2.45) is 0 Å². The first kappa shape index (κ1) is 19.9. The summed E-state index contributed by atoms with van der Waals surface area (Å²) in [6.45, 7) is 1.34. The molecule has 0 aliphatic carbocycles. The van der Waals surface area contributed by atoms with Gasteiger partial charge in [0.1, 0.15) is 5.75 Å². The van der Waals surface area contributed by atoms with Gasteiger partial charge in [-0.25, -0.2) is 4.79 Å². The molecule has 2 N–H and O–H groups in total. The highest BCUT2D eigenvalue weighted by atomic mass is 16.5. The van der Waals surface area contributed by atoms with Gasteiger partial charge in [-0.05, 0) is 42.5 Å². The van der Waals surface area contributed by atoms with Gasteiger partial charge in [0.25, 0.3) is 0 Å². The molecule has 1 aliphatic rings. The van der Waals surface area contributed by atoms with Crippen LogP contribution in [0.3, 0.4) is 0 Å². The molecule has 148 valence electrons. The van der Waals surface area contributed by atoms with Crippen LogP contribution in [0.5, 0.6) is 5.75 Å². The number of nitrogens with one attached hydrogen (secondary N) is 1. The van der Waals surface area contributed by atoms with E-state index in [0.717, 1.165) is 11.1 Å². The Kier molecular flexibility index (Phi) is 6.66. The molecular weight excluding hydrogens is 358 g/mol. The first-order chi connectivity index (χ1) is 13.6. The van der Waals surface area contributed by atoms with Crippen LogP contribution < -0.4 is 10.1 Å². The van der Waals surface area contributed by atoms with Crippen molar-refractivity contribution in [2.75, 3.05) is 26.4 Å². The van der Waals surface area contributed by atoms with Gasteiger partial charge >= 0.3 is 5.97 Å². The molecule has 1 saturated heterocycles. The predicted molar refractivity (Wildman–Crippen MR) is 104 cm³/mol. The average Bonchev–Trinajstić information content (AvgIpc) is 2.74. The molecule has 2 aromatic rings. The molecule has 0 spiro atoms. The number of ether oxygens (including phenoxy) is 2. The third kappa shape index (κ3) is 4.89. The van der Waals surface area contributed by atoms with E-state index in [-0.39, 0.29) is 12.5 Å². The maximum absolute atomic E-state index is 13.1. The second kappa shape index (κ2) is 9.37. The van der Waals surface area contributed by atoms with Crippen molar-refractivity contribution in [1.29, 1.82) is 0 Å². The van der Waals surface area contributed by atoms with Gasteiger partial charge in [-0.3, -0.25) is 4.79 Å². The molecule has 1 aliphatic heterocycles. The molecule has 0 atom stereocenters. The molecular formula is C22H25NO5. The minimum absolute atomic E-state index is 0.0448. The quantitative estimate of drug-likeness (QED) is 0.732. The zero-order valence-electron chi connectivity index (χ0n) is 15.7. The van der Waals surface area contributed by atoms with E-state index in [2.05, 4.69) is 5.32 Å². The number of aliphatic carboxylic acids is 1. The van der Waals surface area contributed by atoms with Crippen molar-refractivity contribution in [1.82, 2.24) is 5.32 Å². The van der Waals surface area contributed by atoms with Crippen molar-refractivity contribution >= 4 is 11.9 Å². The molecule has 1 fully saturated rings. The third-order valence-electron chi connectivity index (χ3n) is 5.09. The standard InChI is InChI=1S/C22H25NO5/c24-20(25)16-28-19-8-6-17(7-9-19)10-13-23-21(26)22(11-14-27-15-12-22)18-4-2-1-3-5-18/h1-9H,10-16H2,(H,23,26)(H,24,25). The third-order valence-corrected chi connectivity index (χ3v) is 5.09. The van der Waals surface area contributed by atoms with Crippen LogP contribution in [0.15, 0.2) is 54.6 Å². The van der Waals surface area contributed by atoms with E-state index in [1.54, 1.807) is 12.1 Å². The average molecular weight is 383 g/mol. The fourth-order valence-corrected chi connectivity index (χ4v) is 3.51. The van der Waals surface area contributed by atoms with E-state index >= 15 is 0 Å². The molecule has 0 saturated carbocycles. The monoisotopic (exact) mass is 383 g/mol. The molecule has 2 aromatic carbocycles. The Balaban J connectivity index is 1.57. The van der Waals surface area contributed by atoms with Crippen molar-refractivity contribution in [2.45, 2.75) is 24.7 Å². The summed E-state index contributed by atoms with van der Waals surface area (Å²) in [6.07, 6.45) is 2.04. The van der Waals surface area contributed by atoms with Gasteiger partial charge in [-0.1, -0.05) is 42.5 Å². The Morgan fingerprint density at radius 3 is 2.36 bits per heavy atom. The topological polar surface area (TPSA) is 84.9 Å². The summed E-state index contributed by atoms with van der Waals surface area (Å²) in [5.41, 5.74) is 1.55. The fraction of sp³-hybridized carbons (Fsp3) is 0.364. The van der Waals surface area contributed by atoms with E-state index in [9.17, 15) is 9.59 Å². The maximum Gasteiger partial charge on any atom is 0.341 e. The predicted octanol–water partition coefficient (Wildman–Crippen LogP) is 2.56. The Morgan fingerprint density at radius 2 is 1.71 bits per heavy atom. The van der Waals surface area contributed by atoms with Crippen LogP contribution in [-0.2, 0) is 26.2 Å². The van der Waals surface area contributed by atoms with Gasteiger partial charge in [0.2, 0.25) is 5.91 Å². The van der Waals surface area contributed by atoms with Crippen LogP contribution in [0.1, 0.15) is 24.0 Å². The van der Waals surface area contributed by atoms with Gasteiger partial charge < -0.3 is 19.9 Å². The number of rotatable bonds is 8. The summed E-state index contributed by atoms with van der Waals surface area (Å²) in [5, 5.41) is 11.7. The molecule has 1 heterocycles. The SMILES string of the molecule is O=C(O)COc1ccc(CCNC(=O)C2(c3ccccc3)CCOCC2)cc1. The minimum atomic E-state index is -1.01. The highest BCUT2D eigenvalue weighted by molar-refractivity contribution is 5.88. The summed E-state index contributed by atoms with van der Waals surface area (Å²) in [5.74, 6) is -0.448. The number of hydrogen-bond donors (Lipinski definition) is 2. The molecule has 0 radical (unpaired) electrons. The largest absolute Gasteiger partial charge is 0.482 e. The molecule has 6 nitrogen and oxygen atoms in total. The molecule has 0 aromatic heterocycles. The normalized spacial score (nSPS) is 15.6. The molecule has 28 heavy (non-hydrogen) atoms. The molecule has 6 heteroatoms. The number of carbonyl (C=O) groups is 2. The van der Waals surface area contributed by atoms with Gasteiger partial charge in [0, 0.05) is 19.8 Å². The van der Waals surface area contributed by atoms with E-state index in [0.29, 0.717) is 44.8 Å². The first-order valence-corrected chi connectivity index (χ1v) is 9.45. The smallest absolute Gasteiger partial charge is 0.341 e. The van der Waals surface area contributed by atoms with Crippen LogP contribution in [0.25, 0.3) is 0 Å². The molecule has 0 unspecified atom stereocenters. The Morgan fingerprint density at radius 1 is 1.04 bits per heavy atom. The van der Waals surface area contributed by atoms with Crippen LogP contribution in [0.2, 0.25) is 0 Å². The van der Waals surface area contributed by atoms with Crippen molar-refractivity contribution < 1.29 is 24.2 Å². The van der Waals surface area contributed by atoms with E-state index in [1.807, 2.05) is 42.5 Å². The number of amides is 1. The molecule has 1 amide bonds. The zero-order valence-corrected chi connectivity index (χ0v) is 15.7. The summed E-state index contributed by atoms with van der Waals surface area (Å²) in [4.78, 5) is 23.6. The summed E-state index contributed by atoms with van der Waals surface area (Å²) < 4.78 is 10.6. The lowest BCUT2D eigenvalue weighted by molar-refractivity contribution is -0.139. The van der Waals surface area contributed by atoms with Crippen LogP contribution >= 0.6 is 0 Å². The first-order valence-electron chi connectivity index (χ1n) is 9.45. The van der Waals surface area contributed by atoms with Gasteiger partial charge in [-0.2, -0.15) is 0 Å². The van der Waals surface area contributed by atoms with Crippen molar-refractivity contribution in [3.8, 4) is 5.75 Å².